The fourth-order valence-electron chi connectivity index (χ4n) is 2.47. The smallest absolute Gasteiger partial charge is 0.226 e. The molecule has 21 heavy (non-hydrogen) atoms. The van der Waals surface area contributed by atoms with Crippen LogP contribution in [-0.2, 0) is 16.0 Å². The highest BCUT2D eigenvalue weighted by atomic mass is 79.9. The van der Waals surface area contributed by atoms with Crippen LogP contribution in [0.1, 0.15) is 31.7 Å². The first kappa shape index (κ1) is 16.5. The average molecular weight is 355 g/mol. The lowest BCUT2D eigenvalue weighted by atomic mass is 10.1. The van der Waals surface area contributed by atoms with Crippen LogP contribution in [0.25, 0.3) is 0 Å². The molecule has 4 nitrogen and oxygen atoms in total. The Labute approximate surface area is 134 Å². The number of nitrogens with one attached hydrogen (secondary N) is 2. The van der Waals surface area contributed by atoms with E-state index in [9.17, 15) is 4.79 Å². The molecule has 1 aromatic rings. The Morgan fingerprint density at radius 1 is 1.43 bits per heavy atom. The topological polar surface area (TPSA) is 50.4 Å². The van der Waals surface area contributed by atoms with Gasteiger partial charge in [-0.2, -0.15) is 0 Å². The van der Waals surface area contributed by atoms with E-state index in [2.05, 4.69) is 33.5 Å². The number of amides is 1. The Hall–Kier alpha value is -0.910. The number of carbonyl (C=O) groups is 1. The Morgan fingerprint density at radius 2 is 2.19 bits per heavy atom. The van der Waals surface area contributed by atoms with Crippen LogP contribution in [0, 0.1) is 0 Å². The molecule has 0 unspecified atom stereocenters. The standard InChI is InChI=1S/C16H23BrN2O2/c1-2-12-11-13(17)3-4-15(12)19-16(20)7-10-21-14-5-8-18-9-6-14/h3-4,11,14,18H,2,5-10H2,1H3,(H,19,20). The molecular weight excluding hydrogens is 332 g/mol. The maximum atomic E-state index is 12.0. The maximum absolute atomic E-state index is 12.0. The summed E-state index contributed by atoms with van der Waals surface area (Å²) in [5.74, 6) is 0.0148. The van der Waals surface area contributed by atoms with Crippen molar-refractivity contribution < 1.29 is 9.53 Å². The van der Waals surface area contributed by atoms with Crippen LogP contribution in [0.3, 0.4) is 0 Å². The SMILES string of the molecule is CCc1cc(Br)ccc1NC(=O)CCOC1CCNCC1. The van der Waals surface area contributed by atoms with E-state index in [1.807, 2.05) is 18.2 Å². The van der Waals surface area contributed by atoms with Gasteiger partial charge in [-0.3, -0.25) is 4.79 Å². The normalized spacial score (nSPS) is 15.9. The first-order chi connectivity index (χ1) is 10.2. The molecule has 0 aromatic heterocycles. The number of benzene rings is 1. The fourth-order valence-corrected chi connectivity index (χ4v) is 2.88. The summed E-state index contributed by atoms with van der Waals surface area (Å²) in [5.41, 5.74) is 2.03. The van der Waals surface area contributed by atoms with Crippen molar-refractivity contribution >= 4 is 27.5 Å². The predicted octanol–water partition coefficient (Wildman–Crippen LogP) is 3.11. The second-order valence-electron chi connectivity index (χ2n) is 5.27. The molecule has 0 radical (unpaired) electrons. The molecule has 1 amide bonds. The molecule has 1 saturated heterocycles. The molecule has 2 N–H and O–H groups in total. The predicted molar refractivity (Wildman–Crippen MR) is 88.6 cm³/mol. The van der Waals surface area contributed by atoms with Gasteiger partial charge in [0.2, 0.25) is 5.91 Å². The van der Waals surface area contributed by atoms with Crippen molar-refractivity contribution in [3.8, 4) is 0 Å². The van der Waals surface area contributed by atoms with E-state index < -0.39 is 0 Å². The summed E-state index contributed by atoms with van der Waals surface area (Å²) < 4.78 is 6.79. The number of piperidine rings is 1. The summed E-state index contributed by atoms with van der Waals surface area (Å²) in [7, 11) is 0. The van der Waals surface area contributed by atoms with Crippen LogP contribution in [0.15, 0.2) is 22.7 Å². The summed E-state index contributed by atoms with van der Waals surface area (Å²) in [6, 6.07) is 5.93. The van der Waals surface area contributed by atoms with Crippen LogP contribution in [0.5, 0.6) is 0 Å². The third-order valence-corrected chi connectivity index (χ3v) is 4.18. The van der Waals surface area contributed by atoms with Crippen molar-refractivity contribution in [1.29, 1.82) is 0 Å². The highest BCUT2D eigenvalue weighted by molar-refractivity contribution is 9.10. The van der Waals surface area contributed by atoms with Crippen LogP contribution < -0.4 is 10.6 Å². The van der Waals surface area contributed by atoms with E-state index in [-0.39, 0.29) is 5.91 Å². The molecule has 0 saturated carbocycles. The summed E-state index contributed by atoms with van der Waals surface area (Å²) in [6.07, 6.45) is 3.67. The van der Waals surface area contributed by atoms with Gasteiger partial charge in [0.05, 0.1) is 19.1 Å². The third-order valence-electron chi connectivity index (χ3n) is 3.69. The number of carbonyl (C=O) groups excluding carboxylic acids is 1. The van der Waals surface area contributed by atoms with Crippen molar-refractivity contribution in [2.75, 3.05) is 25.0 Å². The van der Waals surface area contributed by atoms with E-state index in [0.29, 0.717) is 19.1 Å². The number of anilines is 1. The van der Waals surface area contributed by atoms with Gasteiger partial charge < -0.3 is 15.4 Å². The van der Waals surface area contributed by atoms with Crippen molar-refractivity contribution in [2.45, 2.75) is 38.7 Å². The van der Waals surface area contributed by atoms with Gasteiger partial charge in [0, 0.05) is 10.2 Å². The minimum absolute atomic E-state index is 0.0148. The van der Waals surface area contributed by atoms with E-state index >= 15 is 0 Å². The average Bonchev–Trinajstić information content (AvgIpc) is 2.50. The molecular formula is C16H23BrN2O2. The molecule has 5 heteroatoms. The number of ether oxygens (including phenoxy) is 1. The van der Waals surface area contributed by atoms with Gasteiger partial charge in [0.1, 0.15) is 0 Å². The molecule has 1 aliphatic heterocycles. The summed E-state index contributed by atoms with van der Waals surface area (Å²) in [5, 5.41) is 6.27. The summed E-state index contributed by atoms with van der Waals surface area (Å²) >= 11 is 3.45. The Kier molecular flexibility index (Phi) is 6.67. The van der Waals surface area contributed by atoms with E-state index in [1.165, 1.54) is 0 Å². The molecule has 1 heterocycles. The second kappa shape index (κ2) is 8.51. The monoisotopic (exact) mass is 354 g/mol. The van der Waals surface area contributed by atoms with Crippen LogP contribution >= 0.6 is 15.9 Å². The van der Waals surface area contributed by atoms with Crippen molar-refractivity contribution in [3.63, 3.8) is 0 Å². The largest absolute Gasteiger partial charge is 0.378 e. The first-order valence-electron chi connectivity index (χ1n) is 7.59. The number of halogens is 1. The quantitative estimate of drug-likeness (QED) is 0.825. The van der Waals surface area contributed by atoms with Crippen LogP contribution in [-0.4, -0.2) is 31.7 Å². The van der Waals surface area contributed by atoms with Crippen molar-refractivity contribution in [3.05, 3.63) is 28.2 Å². The molecule has 2 rings (SSSR count). The minimum Gasteiger partial charge on any atom is -0.378 e. The van der Waals surface area contributed by atoms with Crippen LogP contribution in [0.4, 0.5) is 5.69 Å². The number of hydrogen-bond donors (Lipinski definition) is 2. The van der Waals surface area contributed by atoms with Gasteiger partial charge in [-0.05, 0) is 56.1 Å². The van der Waals surface area contributed by atoms with Gasteiger partial charge in [-0.25, -0.2) is 0 Å². The summed E-state index contributed by atoms with van der Waals surface area (Å²) in [6.45, 7) is 4.59. The van der Waals surface area contributed by atoms with E-state index in [0.717, 1.165) is 48.1 Å². The van der Waals surface area contributed by atoms with E-state index in [1.54, 1.807) is 0 Å². The Balaban J connectivity index is 1.76. The Morgan fingerprint density at radius 3 is 2.90 bits per heavy atom. The molecule has 0 atom stereocenters. The lowest BCUT2D eigenvalue weighted by Gasteiger charge is -2.22. The maximum Gasteiger partial charge on any atom is 0.226 e. The highest BCUT2D eigenvalue weighted by Gasteiger charge is 2.14. The lowest BCUT2D eigenvalue weighted by molar-refractivity contribution is -0.117. The van der Waals surface area contributed by atoms with E-state index in [4.69, 9.17) is 4.74 Å². The molecule has 116 valence electrons. The third kappa shape index (κ3) is 5.41. The van der Waals surface area contributed by atoms with Gasteiger partial charge in [-0.1, -0.05) is 22.9 Å². The van der Waals surface area contributed by atoms with Gasteiger partial charge in [0.15, 0.2) is 0 Å². The van der Waals surface area contributed by atoms with Gasteiger partial charge in [-0.15, -0.1) is 0 Å². The minimum atomic E-state index is 0.0148. The zero-order chi connectivity index (χ0) is 15.1. The zero-order valence-electron chi connectivity index (χ0n) is 12.5. The highest BCUT2D eigenvalue weighted by Crippen LogP contribution is 2.21. The van der Waals surface area contributed by atoms with Crippen LogP contribution in [0.2, 0.25) is 0 Å². The second-order valence-corrected chi connectivity index (χ2v) is 6.19. The number of rotatable bonds is 6. The zero-order valence-corrected chi connectivity index (χ0v) is 14.0. The lowest BCUT2D eigenvalue weighted by Crippen LogP contribution is -2.33. The van der Waals surface area contributed by atoms with Crippen molar-refractivity contribution in [2.24, 2.45) is 0 Å². The summed E-state index contributed by atoms with van der Waals surface area (Å²) in [4.78, 5) is 12.0. The van der Waals surface area contributed by atoms with Gasteiger partial charge in [0.25, 0.3) is 0 Å². The molecule has 1 aromatic carbocycles. The van der Waals surface area contributed by atoms with Crippen molar-refractivity contribution in [1.82, 2.24) is 5.32 Å². The molecule has 0 spiro atoms. The van der Waals surface area contributed by atoms with Gasteiger partial charge >= 0.3 is 0 Å². The fraction of sp³-hybridized carbons (Fsp3) is 0.562. The Bertz CT molecular complexity index is 473. The number of aryl methyl sites for hydroxylation is 1. The molecule has 1 aliphatic rings. The first-order valence-corrected chi connectivity index (χ1v) is 8.39. The molecule has 0 aliphatic carbocycles. The number of hydrogen-bond acceptors (Lipinski definition) is 3. The molecule has 1 fully saturated rings. The molecule has 0 bridgehead atoms.